The van der Waals surface area contributed by atoms with Gasteiger partial charge in [0, 0.05) is 0 Å². The van der Waals surface area contributed by atoms with E-state index in [2.05, 4.69) is 91.0 Å². The van der Waals surface area contributed by atoms with Gasteiger partial charge in [-0.05, 0) is 36.4 Å². The molecule has 3 aromatic carbocycles. The molecule has 3 rings (SSSR count). The summed E-state index contributed by atoms with van der Waals surface area (Å²) in [6, 6.07) is 32.2. The number of rotatable bonds is 3. The van der Waals surface area contributed by atoms with Gasteiger partial charge in [-0.25, -0.2) is 0 Å². The molecule has 0 aliphatic rings. The Balaban J connectivity index is 0. The van der Waals surface area contributed by atoms with E-state index in [1.54, 1.807) is 0 Å². The van der Waals surface area contributed by atoms with Crippen LogP contribution in [-0.2, 0) is 10.9 Å². The molecule has 8 N–H and O–H groups in total. The first-order chi connectivity index (χ1) is 16.4. The topological polar surface area (TPSA) is 162 Å². The second kappa shape index (κ2) is 22.2. The standard InChI is InChI=1S/C18H15S.4BFH2O2/c1-4-10-16(11-5-1)19(17-12-6-2-7-13-17)18-14-8-3-9-15-18;4*2-1(3)4/h1-15H;4*3-4H/q+1;;;;. The van der Waals surface area contributed by atoms with Crippen LogP contribution in [0.25, 0.3) is 0 Å². The number of hydrogen-bond acceptors (Lipinski definition) is 8. The molecule has 17 heteroatoms. The van der Waals surface area contributed by atoms with Gasteiger partial charge in [0.2, 0.25) is 0 Å². The number of hydrogen-bond donors (Lipinski definition) is 8. The lowest BCUT2D eigenvalue weighted by Crippen LogP contribution is -2.04. The Morgan fingerprint density at radius 1 is 0.371 bits per heavy atom. The fourth-order valence-corrected chi connectivity index (χ4v) is 4.18. The van der Waals surface area contributed by atoms with Gasteiger partial charge < -0.3 is 40.2 Å². The van der Waals surface area contributed by atoms with Gasteiger partial charge in [-0.1, -0.05) is 54.6 Å². The average Bonchev–Trinajstić information content (AvgIpc) is 2.75. The van der Waals surface area contributed by atoms with E-state index in [1.807, 2.05) is 0 Å². The zero-order chi connectivity index (χ0) is 27.2. The highest BCUT2D eigenvalue weighted by molar-refractivity contribution is 7.97. The third kappa shape index (κ3) is 24.6. The molecule has 35 heavy (non-hydrogen) atoms. The van der Waals surface area contributed by atoms with Crippen LogP contribution >= 0.6 is 0 Å². The molecular formula is C18H23B4F4O8S+. The lowest BCUT2D eigenvalue weighted by Gasteiger charge is -2.07. The molecule has 3 aromatic rings. The maximum absolute atomic E-state index is 10.1. The van der Waals surface area contributed by atoms with E-state index in [-0.39, 0.29) is 10.9 Å². The number of benzene rings is 3. The van der Waals surface area contributed by atoms with Gasteiger partial charge in [0.15, 0.2) is 14.7 Å². The predicted molar refractivity (Wildman–Crippen MR) is 127 cm³/mol. The van der Waals surface area contributed by atoms with Gasteiger partial charge in [-0.15, -0.1) is 0 Å². The van der Waals surface area contributed by atoms with Crippen molar-refractivity contribution in [3.8, 4) is 0 Å². The minimum absolute atomic E-state index is 0.0146. The van der Waals surface area contributed by atoms with Crippen LogP contribution in [0.5, 0.6) is 0 Å². The highest BCUT2D eigenvalue weighted by Gasteiger charge is 2.27. The average molecular weight is 519 g/mol. The van der Waals surface area contributed by atoms with Crippen LogP contribution in [0.1, 0.15) is 0 Å². The summed E-state index contributed by atoms with van der Waals surface area (Å²) in [4.78, 5) is 4.08. The largest absolute Gasteiger partial charge is 0.674 e. The quantitative estimate of drug-likeness (QED) is 0.141. The van der Waals surface area contributed by atoms with Crippen molar-refractivity contribution in [1.29, 1.82) is 0 Å². The second-order valence-electron chi connectivity index (χ2n) is 5.49. The highest BCUT2D eigenvalue weighted by atomic mass is 32.2. The van der Waals surface area contributed by atoms with E-state index in [4.69, 9.17) is 40.2 Å². The minimum atomic E-state index is -2.67. The zero-order valence-electron chi connectivity index (χ0n) is 18.0. The van der Waals surface area contributed by atoms with E-state index >= 15 is 0 Å². The van der Waals surface area contributed by atoms with Gasteiger partial charge >= 0.3 is 29.6 Å². The van der Waals surface area contributed by atoms with Crippen LogP contribution in [-0.4, -0.2) is 69.8 Å². The Kier molecular flexibility index (Phi) is 22.0. The van der Waals surface area contributed by atoms with E-state index in [0.29, 0.717) is 0 Å². The molecule has 0 saturated carbocycles. The van der Waals surface area contributed by atoms with Crippen LogP contribution in [0.3, 0.4) is 0 Å². The first-order valence-electron chi connectivity index (χ1n) is 9.28. The molecule has 188 valence electrons. The van der Waals surface area contributed by atoms with Crippen LogP contribution < -0.4 is 0 Å². The molecule has 0 heterocycles. The van der Waals surface area contributed by atoms with Crippen LogP contribution in [0.15, 0.2) is 106 Å². The molecule has 0 unspecified atom stereocenters. The Morgan fingerprint density at radius 2 is 0.514 bits per heavy atom. The van der Waals surface area contributed by atoms with Crippen LogP contribution in [0.4, 0.5) is 17.3 Å². The molecule has 0 aliphatic carbocycles. The summed E-state index contributed by atoms with van der Waals surface area (Å²) in [7, 11) is -10.7. The third-order valence-electron chi connectivity index (χ3n) is 2.94. The molecule has 0 amide bonds. The fraction of sp³-hybridized carbons (Fsp3) is 0. The zero-order valence-corrected chi connectivity index (χ0v) is 18.8. The Labute approximate surface area is 203 Å². The first-order valence-corrected chi connectivity index (χ1v) is 10.5. The Hall–Kier alpha value is -2.33. The molecular weight excluding hydrogens is 495 g/mol. The lowest BCUT2D eigenvalue weighted by molar-refractivity contribution is 0.338. The highest BCUT2D eigenvalue weighted by Crippen LogP contribution is 2.30. The molecule has 0 saturated heterocycles. The minimum Gasteiger partial charge on any atom is -0.398 e. The second-order valence-corrected chi connectivity index (χ2v) is 7.51. The Morgan fingerprint density at radius 3 is 0.657 bits per heavy atom. The fourth-order valence-electron chi connectivity index (χ4n) is 2.08. The van der Waals surface area contributed by atoms with Crippen LogP contribution in [0.2, 0.25) is 0 Å². The van der Waals surface area contributed by atoms with Crippen molar-refractivity contribution in [3.05, 3.63) is 91.0 Å². The van der Waals surface area contributed by atoms with Gasteiger partial charge in [0.1, 0.15) is 0 Å². The van der Waals surface area contributed by atoms with Gasteiger partial charge in [0.05, 0.1) is 10.9 Å². The van der Waals surface area contributed by atoms with Crippen molar-refractivity contribution in [2.45, 2.75) is 14.7 Å². The van der Waals surface area contributed by atoms with E-state index < -0.39 is 29.6 Å². The monoisotopic (exact) mass is 519 g/mol. The van der Waals surface area contributed by atoms with Crippen molar-refractivity contribution in [2.24, 2.45) is 0 Å². The SMILES string of the molecule is OB(O)F.OB(O)F.OB(O)F.OB(O)F.c1ccc([S+](c2ccccc2)c2ccccc2)cc1. The number of halogens is 4. The van der Waals surface area contributed by atoms with Crippen molar-refractivity contribution in [3.63, 3.8) is 0 Å². The summed E-state index contributed by atoms with van der Waals surface area (Å²) >= 11 is 0. The summed E-state index contributed by atoms with van der Waals surface area (Å²) in [5, 5.41) is 55.6. The molecule has 0 radical (unpaired) electrons. The summed E-state index contributed by atoms with van der Waals surface area (Å²) in [5.74, 6) is 0. The third-order valence-corrected chi connectivity index (χ3v) is 5.17. The summed E-state index contributed by atoms with van der Waals surface area (Å²) < 4.78 is 40.4. The predicted octanol–water partition coefficient (Wildman–Crippen LogP) is 0.484. The molecule has 0 bridgehead atoms. The van der Waals surface area contributed by atoms with Crippen molar-refractivity contribution >= 4 is 40.5 Å². The molecule has 0 spiro atoms. The maximum atomic E-state index is 10.1. The Bertz CT molecular complexity index is 719. The van der Waals surface area contributed by atoms with Gasteiger partial charge in [-0.2, -0.15) is 0 Å². The summed E-state index contributed by atoms with van der Waals surface area (Å²) in [5.41, 5.74) is 0. The van der Waals surface area contributed by atoms with E-state index in [1.165, 1.54) is 14.7 Å². The van der Waals surface area contributed by atoms with Crippen molar-refractivity contribution in [2.75, 3.05) is 0 Å². The van der Waals surface area contributed by atoms with Crippen molar-refractivity contribution < 1.29 is 57.5 Å². The molecule has 0 fully saturated rings. The van der Waals surface area contributed by atoms with Crippen molar-refractivity contribution in [1.82, 2.24) is 0 Å². The van der Waals surface area contributed by atoms with Gasteiger partial charge in [0.25, 0.3) is 0 Å². The summed E-state index contributed by atoms with van der Waals surface area (Å²) in [6.07, 6.45) is 0. The van der Waals surface area contributed by atoms with Gasteiger partial charge in [-0.3, -0.25) is 17.3 Å². The van der Waals surface area contributed by atoms with Crippen LogP contribution in [0, 0.1) is 0 Å². The summed E-state index contributed by atoms with van der Waals surface area (Å²) in [6.45, 7) is 0. The molecule has 8 nitrogen and oxygen atoms in total. The van der Waals surface area contributed by atoms with E-state index in [9.17, 15) is 17.3 Å². The normalized spacial score (nSPS) is 8.83. The smallest absolute Gasteiger partial charge is 0.398 e. The van der Waals surface area contributed by atoms with E-state index in [0.717, 1.165) is 0 Å². The lowest BCUT2D eigenvalue weighted by atomic mass is 10.3. The molecule has 0 aromatic heterocycles. The first kappa shape index (κ1) is 34.8. The molecule has 0 aliphatic heterocycles. The maximum Gasteiger partial charge on any atom is 0.674 e. The molecule has 0 atom stereocenters.